The second kappa shape index (κ2) is 8.29. The van der Waals surface area contributed by atoms with Crippen LogP contribution >= 0.6 is 11.6 Å². The molecule has 0 aromatic heterocycles. The first-order valence-electron chi connectivity index (χ1n) is 7.88. The Morgan fingerprint density at radius 2 is 1.92 bits per heavy atom. The second-order valence-electron chi connectivity index (χ2n) is 7.11. The molecule has 0 spiro atoms. The van der Waals surface area contributed by atoms with Crippen LogP contribution < -0.4 is 5.32 Å². The van der Waals surface area contributed by atoms with Crippen molar-refractivity contribution >= 4 is 29.2 Å². The zero-order chi connectivity index (χ0) is 19.4. The lowest BCUT2D eigenvalue weighted by atomic mass is 10.0. The van der Waals surface area contributed by atoms with Crippen molar-refractivity contribution in [2.45, 2.75) is 52.7 Å². The molecule has 1 unspecified atom stereocenters. The molecule has 0 aliphatic carbocycles. The van der Waals surface area contributed by atoms with Crippen LogP contribution in [0.25, 0.3) is 0 Å². The van der Waals surface area contributed by atoms with Crippen LogP contribution in [0.2, 0.25) is 5.02 Å². The molecule has 1 aromatic carbocycles. The number of nitrogens with one attached hydrogen (secondary N) is 1. The van der Waals surface area contributed by atoms with E-state index in [-0.39, 0.29) is 22.2 Å². The third-order valence-electron chi connectivity index (χ3n) is 3.11. The number of nitro groups is 1. The SMILES string of the molecule is CC(C)CC(NC(=O)c1ccc(Cl)c([N+](=O)[O-])c1)C(=O)OC(C)(C)C. The van der Waals surface area contributed by atoms with Gasteiger partial charge in [0.25, 0.3) is 11.6 Å². The number of carbonyl (C=O) groups is 2. The average Bonchev–Trinajstić information content (AvgIpc) is 2.44. The van der Waals surface area contributed by atoms with Gasteiger partial charge in [0.05, 0.1) is 4.92 Å². The molecule has 0 aliphatic heterocycles. The lowest BCUT2D eigenvalue weighted by Crippen LogP contribution is -2.44. The number of rotatable bonds is 6. The summed E-state index contributed by atoms with van der Waals surface area (Å²) in [6.07, 6.45) is 0.385. The summed E-state index contributed by atoms with van der Waals surface area (Å²) in [6, 6.07) is 2.88. The van der Waals surface area contributed by atoms with Crippen molar-refractivity contribution in [3.8, 4) is 0 Å². The quantitative estimate of drug-likeness (QED) is 0.467. The molecule has 1 aromatic rings. The van der Waals surface area contributed by atoms with Gasteiger partial charge in [0.1, 0.15) is 16.7 Å². The van der Waals surface area contributed by atoms with Gasteiger partial charge in [-0.05, 0) is 45.2 Å². The number of carbonyl (C=O) groups excluding carboxylic acids is 2. The van der Waals surface area contributed by atoms with Gasteiger partial charge in [0.2, 0.25) is 0 Å². The normalized spacial score (nSPS) is 12.6. The molecule has 7 nitrogen and oxygen atoms in total. The van der Waals surface area contributed by atoms with Crippen molar-refractivity contribution in [2.24, 2.45) is 5.92 Å². The Hall–Kier alpha value is -2.15. The molecular formula is C17H23ClN2O5. The molecule has 8 heteroatoms. The topological polar surface area (TPSA) is 98.5 Å². The minimum Gasteiger partial charge on any atom is -0.458 e. The van der Waals surface area contributed by atoms with E-state index in [2.05, 4.69) is 5.32 Å². The van der Waals surface area contributed by atoms with Crippen LogP contribution in [-0.2, 0) is 9.53 Å². The van der Waals surface area contributed by atoms with Crippen molar-refractivity contribution in [1.82, 2.24) is 5.32 Å². The molecule has 0 radical (unpaired) electrons. The molecule has 0 heterocycles. The van der Waals surface area contributed by atoms with Crippen molar-refractivity contribution in [2.75, 3.05) is 0 Å². The molecular weight excluding hydrogens is 348 g/mol. The van der Waals surface area contributed by atoms with E-state index in [0.29, 0.717) is 6.42 Å². The second-order valence-corrected chi connectivity index (χ2v) is 7.52. The molecule has 1 rings (SSSR count). The van der Waals surface area contributed by atoms with Gasteiger partial charge in [-0.2, -0.15) is 0 Å². The summed E-state index contributed by atoms with van der Waals surface area (Å²) < 4.78 is 5.34. The molecule has 1 atom stereocenters. The van der Waals surface area contributed by atoms with Crippen molar-refractivity contribution in [3.63, 3.8) is 0 Å². The fourth-order valence-electron chi connectivity index (χ4n) is 2.09. The predicted molar refractivity (Wildman–Crippen MR) is 94.7 cm³/mol. The molecule has 0 saturated heterocycles. The summed E-state index contributed by atoms with van der Waals surface area (Å²) in [5.74, 6) is -1.01. The van der Waals surface area contributed by atoms with Gasteiger partial charge in [0.15, 0.2) is 0 Å². The number of esters is 1. The summed E-state index contributed by atoms with van der Waals surface area (Å²) in [6.45, 7) is 9.04. The van der Waals surface area contributed by atoms with E-state index < -0.39 is 28.4 Å². The van der Waals surface area contributed by atoms with Crippen LogP contribution in [0.15, 0.2) is 18.2 Å². The van der Waals surface area contributed by atoms with Gasteiger partial charge >= 0.3 is 5.97 Å². The number of nitro benzene ring substituents is 1. The van der Waals surface area contributed by atoms with E-state index in [0.717, 1.165) is 6.07 Å². The molecule has 0 aliphatic rings. The number of benzene rings is 1. The van der Waals surface area contributed by atoms with Crippen LogP contribution in [0.4, 0.5) is 5.69 Å². The lowest BCUT2D eigenvalue weighted by molar-refractivity contribution is -0.384. The largest absolute Gasteiger partial charge is 0.458 e. The first-order chi connectivity index (χ1) is 11.4. The Kier molecular flexibility index (Phi) is 6.93. The van der Waals surface area contributed by atoms with E-state index in [1.165, 1.54) is 12.1 Å². The highest BCUT2D eigenvalue weighted by Crippen LogP contribution is 2.25. The van der Waals surface area contributed by atoms with Crippen LogP contribution in [0.5, 0.6) is 0 Å². The van der Waals surface area contributed by atoms with Crippen molar-refractivity contribution in [1.29, 1.82) is 0 Å². The van der Waals surface area contributed by atoms with Gasteiger partial charge in [-0.15, -0.1) is 0 Å². The summed E-state index contributed by atoms with van der Waals surface area (Å²) in [5.41, 5.74) is -1.00. The monoisotopic (exact) mass is 370 g/mol. The fourth-order valence-corrected chi connectivity index (χ4v) is 2.28. The molecule has 1 N–H and O–H groups in total. The molecule has 0 fully saturated rings. The lowest BCUT2D eigenvalue weighted by Gasteiger charge is -2.25. The number of nitrogens with zero attached hydrogens (tertiary/aromatic N) is 1. The van der Waals surface area contributed by atoms with Crippen LogP contribution in [0, 0.1) is 16.0 Å². The minimum absolute atomic E-state index is 0.0495. The minimum atomic E-state index is -0.846. The smallest absolute Gasteiger partial charge is 0.329 e. The number of ether oxygens (including phenoxy) is 1. The first-order valence-corrected chi connectivity index (χ1v) is 8.26. The summed E-state index contributed by atoms with van der Waals surface area (Å²) in [7, 11) is 0. The van der Waals surface area contributed by atoms with E-state index in [1.807, 2.05) is 13.8 Å². The third kappa shape index (κ3) is 6.70. The van der Waals surface area contributed by atoms with E-state index in [4.69, 9.17) is 16.3 Å². The highest BCUT2D eigenvalue weighted by molar-refractivity contribution is 6.32. The molecule has 1 amide bonds. The summed E-state index contributed by atoms with van der Waals surface area (Å²) in [5, 5.41) is 13.5. The Balaban J connectivity index is 3.00. The zero-order valence-electron chi connectivity index (χ0n) is 15.0. The van der Waals surface area contributed by atoms with Gasteiger partial charge < -0.3 is 10.1 Å². The maximum absolute atomic E-state index is 12.4. The first kappa shape index (κ1) is 20.9. The number of hydrogen-bond acceptors (Lipinski definition) is 5. The Morgan fingerprint density at radius 3 is 2.40 bits per heavy atom. The Morgan fingerprint density at radius 1 is 1.32 bits per heavy atom. The third-order valence-corrected chi connectivity index (χ3v) is 3.43. The zero-order valence-corrected chi connectivity index (χ0v) is 15.7. The van der Waals surface area contributed by atoms with Gasteiger partial charge in [-0.3, -0.25) is 14.9 Å². The van der Waals surface area contributed by atoms with Crippen LogP contribution in [0.3, 0.4) is 0 Å². The highest BCUT2D eigenvalue weighted by Gasteiger charge is 2.28. The number of amides is 1. The Bertz CT molecular complexity index is 667. The van der Waals surface area contributed by atoms with E-state index in [9.17, 15) is 19.7 Å². The molecule has 138 valence electrons. The summed E-state index contributed by atoms with van der Waals surface area (Å²) >= 11 is 5.75. The van der Waals surface area contributed by atoms with Crippen molar-refractivity contribution < 1.29 is 19.2 Å². The van der Waals surface area contributed by atoms with Gasteiger partial charge in [0, 0.05) is 11.6 Å². The highest BCUT2D eigenvalue weighted by atomic mass is 35.5. The molecule has 0 bridgehead atoms. The Labute approximate surface area is 151 Å². The maximum atomic E-state index is 12.4. The van der Waals surface area contributed by atoms with Gasteiger partial charge in [-0.1, -0.05) is 25.4 Å². The maximum Gasteiger partial charge on any atom is 0.329 e. The van der Waals surface area contributed by atoms with E-state index >= 15 is 0 Å². The average molecular weight is 371 g/mol. The molecule has 0 saturated carbocycles. The van der Waals surface area contributed by atoms with Crippen molar-refractivity contribution in [3.05, 3.63) is 38.9 Å². The number of hydrogen-bond donors (Lipinski definition) is 1. The van der Waals surface area contributed by atoms with E-state index in [1.54, 1.807) is 20.8 Å². The van der Waals surface area contributed by atoms with Crippen LogP contribution in [-0.4, -0.2) is 28.4 Å². The van der Waals surface area contributed by atoms with Gasteiger partial charge in [-0.25, -0.2) is 4.79 Å². The summed E-state index contributed by atoms with van der Waals surface area (Å²) in [4.78, 5) is 35.0. The van der Waals surface area contributed by atoms with Crippen LogP contribution in [0.1, 0.15) is 51.4 Å². The standard InChI is InChI=1S/C17H23ClN2O5/c1-10(2)8-13(16(22)25-17(3,4)5)19-15(21)11-6-7-12(18)14(9-11)20(23)24/h6-7,9-10,13H,8H2,1-5H3,(H,19,21). The fraction of sp³-hybridized carbons (Fsp3) is 0.529. The predicted octanol–water partition coefficient (Wildman–Crippen LogP) is 3.73. The number of halogens is 1. The molecule has 25 heavy (non-hydrogen) atoms.